The van der Waals surface area contributed by atoms with Crippen LogP contribution in [0.25, 0.3) is 0 Å². The van der Waals surface area contributed by atoms with Gasteiger partial charge in [0, 0.05) is 6.54 Å². The Morgan fingerprint density at radius 3 is 2.80 bits per heavy atom. The standard InChI is InChI=1S/C11H18N2O2/c1-8-4-9(5-15-8)10(14)13-7-11(2,3)6-12/h8-9H,4-5,7H2,1-3H3,(H,13,14). The Kier molecular flexibility index (Phi) is 3.70. The molecule has 1 fully saturated rings. The van der Waals surface area contributed by atoms with Gasteiger partial charge in [-0.2, -0.15) is 5.26 Å². The van der Waals surface area contributed by atoms with Gasteiger partial charge in [-0.3, -0.25) is 4.79 Å². The van der Waals surface area contributed by atoms with Gasteiger partial charge in [0.15, 0.2) is 0 Å². The SMILES string of the molecule is CC1CC(C(=O)NCC(C)(C)C#N)CO1. The van der Waals surface area contributed by atoms with Crippen LogP contribution >= 0.6 is 0 Å². The fraction of sp³-hybridized carbons (Fsp3) is 0.818. The molecule has 4 heteroatoms. The normalized spacial score (nSPS) is 26.0. The molecule has 2 unspecified atom stereocenters. The second-order valence-electron chi connectivity index (χ2n) is 4.79. The number of rotatable bonds is 3. The molecule has 1 N–H and O–H groups in total. The summed E-state index contributed by atoms with van der Waals surface area (Å²) in [4.78, 5) is 11.7. The zero-order chi connectivity index (χ0) is 11.5. The summed E-state index contributed by atoms with van der Waals surface area (Å²) in [6.07, 6.45) is 0.948. The van der Waals surface area contributed by atoms with Gasteiger partial charge in [-0.05, 0) is 27.2 Å². The quantitative estimate of drug-likeness (QED) is 0.758. The van der Waals surface area contributed by atoms with Crippen LogP contribution in [0.2, 0.25) is 0 Å². The van der Waals surface area contributed by atoms with Crippen molar-refractivity contribution in [1.82, 2.24) is 5.32 Å². The molecule has 4 nitrogen and oxygen atoms in total. The summed E-state index contributed by atoms with van der Waals surface area (Å²) in [6.45, 7) is 6.47. The van der Waals surface area contributed by atoms with Gasteiger partial charge in [-0.25, -0.2) is 0 Å². The average molecular weight is 210 g/mol. The molecule has 1 rings (SSSR count). The monoisotopic (exact) mass is 210 g/mol. The maximum atomic E-state index is 11.7. The van der Waals surface area contributed by atoms with Gasteiger partial charge < -0.3 is 10.1 Å². The predicted octanol–water partition coefficient (Wildman–Crippen LogP) is 1.08. The van der Waals surface area contributed by atoms with Crippen LogP contribution in [-0.2, 0) is 9.53 Å². The Balaban J connectivity index is 2.34. The molecule has 0 aromatic rings. The van der Waals surface area contributed by atoms with Gasteiger partial charge in [-0.1, -0.05) is 0 Å². The van der Waals surface area contributed by atoms with Crippen molar-refractivity contribution in [3.63, 3.8) is 0 Å². The van der Waals surface area contributed by atoms with Crippen molar-refractivity contribution in [3.05, 3.63) is 0 Å². The lowest BCUT2D eigenvalue weighted by atomic mass is 9.95. The van der Waals surface area contributed by atoms with Crippen LogP contribution in [0.1, 0.15) is 27.2 Å². The summed E-state index contributed by atoms with van der Waals surface area (Å²) in [6, 6.07) is 2.15. The number of nitrogens with zero attached hydrogens (tertiary/aromatic N) is 1. The first kappa shape index (κ1) is 12.0. The maximum Gasteiger partial charge on any atom is 0.225 e. The summed E-state index contributed by atoms with van der Waals surface area (Å²) in [7, 11) is 0. The van der Waals surface area contributed by atoms with E-state index in [0.29, 0.717) is 13.2 Å². The van der Waals surface area contributed by atoms with Crippen LogP contribution in [0.5, 0.6) is 0 Å². The van der Waals surface area contributed by atoms with Crippen LogP contribution in [0.4, 0.5) is 0 Å². The summed E-state index contributed by atoms with van der Waals surface area (Å²) in [5.41, 5.74) is -0.499. The van der Waals surface area contributed by atoms with Crippen LogP contribution in [0.15, 0.2) is 0 Å². The lowest BCUT2D eigenvalue weighted by Crippen LogP contribution is -2.37. The van der Waals surface area contributed by atoms with E-state index in [0.717, 1.165) is 6.42 Å². The highest BCUT2D eigenvalue weighted by atomic mass is 16.5. The summed E-state index contributed by atoms with van der Waals surface area (Å²) >= 11 is 0. The number of carbonyl (C=O) groups is 1. The predicted molar refractivity (Wildman–Crippen MR) is 55.9 cm³/mol. The molecule has 0 radical (unpaired) electrons. The highest BCUT2D eigenvalue weighted by Crippen LogP contribution is 2.19. The summed E-state index contributed by atoms with van der Waals surface area (Å²) in [5.74, 6) is -0.0443. The topological polar surface area (TPSA) is 62.1 Å². The second-order valence-corrected chi connectivity index (χ2v) is 4.79. The molecule has 1 aliphatic heterocycles. The summed E-state index contributed by atoms with van der Waals surface area (Å²) in [5, 5.41) is 11.6. The molecular formula is C11H18N2O2. The van der Waals surface area contributed by atoms with E-state index in [9.17, 15) is 4.79 Å². The van der Waals surface area contributed by atoms with Crippen molar-refractivity contribution in [3.8, 4) is 6.07 Å². The van der Waals surface area contributed by atoms with Crippen molar-refractivity contribution < 1.29 is 9.53 Å². The van der Waals surface area contributed by atoms with Gasteiger partial charge in [0.2, 0.25) is 5.91 Å². The van der Waals surface area contributed by atoms with Crippen LogP contribution in [-0.4, -0.2) is 25.2 Å². The molecule has 84 valence electrons. The number of carbonyl (C=O) groups excluding carboxylic acids is 1. The smallest absolute Gasteiger partial charge is 0.225 e. The molecule has 0 aliphatic carbocycles. The molecule has 0 bridgehead atoms. The van der Waals surface area contributed by atoms with Crippen LogP contribution in [0.3, 0.4) is 0 Å². The van der Waals surface area contributed by atoms with Gasteiger partial charge in [0.05, 0.1) is 30.1 Å². The molecule has 2 atom stereocenters. The van der Waals surface area contributed by atoms with Crippen molar-refractivity contribution in [2.24, 2.45) is 11.3 Å². The summed E-state index contributed by atoms with van der Waals surface area (Å²) < 4.78 is 5.32. The molecule has 0 saturated carbocycles. The van der Waals surface area contributed by atoms with Crippen molar-refractivity contribution in [2.45, 2.75) is 33.3 Å². The van der Waals surface area contributed by atoms with Crippen LogP contribution in [0, 0.1) is 22.7 Å². The number of nitriles is 1. The Morgan fingerprint density at radius 1 is 1.67 bits per heavy atom. The Bertz CT molecular complexity index is 281. The average Bonchev–Trinajstić information content (AvgIpc) is 2.61. The Hall–Kier alpha value is -1.08. The molecule has 1 saturated heterocycles. The van der Waals surface area contributed by atoms with Crippen LogP contribution < -0.4 is 5.32 Å². The fourth-order valence-electron chi connectivity index (χ4n) is 1.49. The van der Waals surface area contributed by atoms with Gasteiger partial charge >= 0.3 is 0 Å². The van der Waals surface area contributed by atoms with E-state index >= 15 is 0 Å². The molecule has 15 heavy (non-hydrogen) atoms. The molecule has 1 amide bonds. The number of amides is 1. The van der Waals surface area contributed by atoms with Gasteiger partial charge in [0.25, 0.3) is 0 Å². The van der Waals surface area contributed by atoms with Crippen molar-refractivity contribution in [2.75, 3.05) is 13.2 Å². The molecule has 1 aliphatic rings. The van der Waals surface area contributed by atoms with E-state index in [1.165, 1.54) is 0 Å². The number of hydrogen-bond acceptors (Lipinski definition) is 3. The minimum atomic E-state index is -0.499. The van der Waals surface area contributed by atoms with E-state index in [1.54, 1.807) is 13.8 Å². The minimum Gasteiger partial charge on any atom is -0.378 e. The van der Waals surface area contributed by atoms with Crippen molar-refractivity contribution in [1.29, 1.82) is 5.26 Å². The van der Waals surface area contributed by atoms with E-state index in [2.05, 4.69) is 11.4 Å². The molecule has 0 aromatic heterocycles. The second kappa shape index (κ2) is 4.63. The third-order valence-corrected chi connectivity index (χ3v) is 2.58. The lowest BCUT2D eigenvalue weighted by molar-refractivity contribution is -0.125. The van der Waals surface area contributed by atoms with Crippen molar-refractivity contribution >= 4 is 5.91 Å². The first-order valence-electron chi connectivity index (χ1n) is 5.25. The zero-order valence-electron chi connectivity index (χ0n) is 9.54. The van der Waals surface area contributed by atoms with E-state index in [-0.39, 0.29) is 17.9 Å². The first-order valence-corrected chi connectivity index (χ1v) is 5.25. The number of ether oxygens (including phenoxy) is 1. The highest BCUT2D eigenvalue weighted by Gasteiger charge is 2.29. The largest absolute Gasteiger partial charge is 0.378 e. The first-order chi connectivity index (χ1) is 6.94. The van der Waals surface area contributed by atoms with E-state index in [1.807, 2.05) is 6.92 Å². The molecule has 1 heterocycles. The molecular weight excluding hydrogens is 192 g/mol. The number of hydrogen-bond donors (Lipinski definition) is 1. The molecule has 0 aromatic carbocycles. The van der Waals surface area contributed by atoms with E-state index < -0.39 is 5.41 Å². The van der Waals surface area contributed by atoms with Gasteiger partial charge in [0.1, 0.15) is 0 Å². The van der Waals surface area contributed by atoms with E-state index in [4.69, 9.17) is 10.00 Å². The third kappa shape index (κ3) is 3.52. The Morgan fingerprint density at radius 2 is 2.33 bits per heavy atom. The third-order valence-electron chi connectivity index (χ3n) is 2.58. The highest BCUT2D eigenvalue weighted by molar-refractivity contribution is 5.79. The van der Waals surface area contributed by atoms with Gasteiger partial charge in [-0.15, -0.1) is 0 Å². The molecule has 0 spiro atoms. The lowest BCUT2D eigenvalue weighted by Gasteiger charge is -2.17. The fourth-order valence-corrected chi connectivity index (χ4v) is 1.49. The minimum absolute atomic E-state index is 0.00248. The number of nitrogens with one attached hydrogen (secondary N) is 1. The Labute approximate surface area is 90.6 Å². The zero-order valence-corrected chi connectivity index (χ0v) is 9.54. The maximum absolute atomic E-state index is 11.7.